The van der Waals surface area contributed by atoms with Crippen molar-refractivity contribution >= 4 is 16.3 Å². The summed E-state index contributed by atoms with van der Waals surface area (Å²) in [5.74, 6) is 0.721. The number of allylic oxidation sites excluding steroid dienone is 4. The average Bonchev–Trinajstić information content (AvgIpc) is 2.99. The summed E-state index contributed by atoms with van der Waals surface area (Å²) in [4.78, 5) is 2.63. The van der Waals surface area contributed by atoms with Gasteiger partial charge in [-0.15, -0.1) is 0 Å². The van der Waals surface area contributed by atoms with E-state index in [4.69, 9.17) is 0 Å². The third-order valence-electron chi connectivity index (χ3n) is 9.17. The maximum Gasteiger partial charge on any atom is 0.0233 e. The van der Waals surface area contributed by atoms with Crippen molar-refractivity contribution in [2.45, 2.75) is 57.4 Å². The molecule has 1 fully saturated rings. The summed E-state index contributed by atoms with van der Waals surface area (Å²) >= 11 is 0. The second-order valence-corrected chi connectivity index (χ2v) is 11.5. The lowest BCUT2D eigenvalue weighted by Crippen LogP contribution is -2.32. The van der Waals surface area contributed by atoms with Crippen LogP contribution in [0.1, 0.15) is 71.4 Å². The summed E-state index contributed by atoms with van der Waals surface area (Å²) < 4.78 is 0. The van der Waals surface area contributed by atoms with E-state index in [1.807, 2.05) is 0 Å². The van der Waals surface area contributed by atoms with Crippen LogP contribution in [0.5, 0.6) is 0 Å². The van der Waals surface area contributed by atoms with Gasteiger partial charge in [0.25, 0.3) is 0 Å². The van der Waals surface area contributed by atoms with Crippen molar-refractivity contribution in [1.82, 2.24) is 4.90 Å². The molecule has 0 atom stereocenters. The molecule has 2 aliphatic carbocycles. The van der Waals surface area contributed by atoms with Gasteiger partial charge >= 0.3 is 0 Å². The van der Waals surface area contributed by atoms with E-state index in [2.05, 4.69) is 102 Å². The molecule has 7 rings (SSSR count). The molecule has 0 saturated carbocycles. The van der Waals surface area contributed by atoms with Crippen LogP contribution in [0.4, 0.5) is 0 Å². The van der Waals surface area contributed by atoms with Gasteiger partial charge in [-0.2, -0.15) is 0 Å². The molecule has 1 heteroatoms. The van der Waals surface area contributed by atoms with E-state index in [0.29, 0.717) is 0 Å². The molecule has 1 nitrogen and oxygen atoms in total. The summed E-state index contributed by atoms with van der Waals surface area (Å²) in [5, 5.41) is 2.89. The summed E-state index contributed by atoms with van der Waals surface area (Å²) in [6, 6.07) is 32.2. The number of piperidine rings is 1. The van der Waals surface area contributed by atoms with Crippen LogP contribution < -0.4 is 0 Å². The summed E-state index contributed by atoms with van der Waals surface area (Å²) in [6.07, 6.45) is 13.1. The second-order valence-electron chi connectivity index (χ2n) is 11.5. The highest BCUT2D eigenvalue weighted by molar-refractivity contribution is 5.96. The van der Waals surface area contributed by atoms with Gasteiger partial charge in [0.15, 0.2) is 0 Å². The van der Waals surface area contributed by atoms with Crippen molar-refractivity contribution in [2.24, 2.45) is 0 Å². The number of hydrogen-bond acceptors (Lipinski definition) is 1. The minimum absolute atomic E-state index is 0.721. The molecule has 0 amide bonds. The molecule has 38 heavy (non-hydrogen) atoms. The highest BCUT2D eigenvalue weighted by atomic mass is 15.1. The predicted molar refractivity (Wildman–Crippen MR) is 161 cm³/mol. The number of nitrogens with zero attached hydrogens (tertiary/aromatic N) is 1. The van der Waals surface area contributed by atoms with Gasteiger partial charge in [0.05, 0.1) is 0 Å². The van der Waals surface area contributed by atoms with Crippen molar-refractivity contribution in [3.05, 3.63) is 136 Å². The minimum atomic E-state index is 0.721. The number of likely N-dealkylation sites (tertiary alicyclic amines) is 1. The Bertz CT molecular complexity index is 1500. The van der Waals surface area contributed by atoms with Crippen LogP contribution in [0.2, 0.25) is 0 Å². The van der Waals surface area contributed by atoms with Gasteiger partial charge in [-0.25, -0.2) is 0 Å². The fraction of sp³-hybridized carbons (Fsp3) is 0.297. The van der Waals surface area contributed by atoms with E-state index in [9.17, 15) is 0 Å². The summed E-state index contributed by atoms with van der Waals surface area (Å²) in [7, 11) is 0. The largest absolute Gasteiger partial charge is 0.299 e. The molecule has 4 aromatic carbocycles. The second kappa shape index (κ2) is 10.4. The lowest BCUT2D eigenvalue weighted by Gasteiger charge is -2.32. The van der Waals surface area contributed by atoms with Crippen molar-refractivity contribution in [2.75, 3.05) is 13.1 Å². The zero-order chi connectivity index (χ0) is 25.3. The SMILES string of the molecule is C1=CC2=C(CC1)CCc1c2ccc2cccc(Cc3ccc(CN4CCC(c5ccccc5)CC4)cc3)c12. The Kier molecular flexibility index (Phi) is 6.47. The van der Waals surface area contributed by atoms with E-state index in [1.54, 1.807) is 11.1 Å². The minimum Gasteiger partial charge on any atom is -0.299 e. The van der Waals surface area contributed by atoms with Crippen LogP contribution in [-0.2, 0) is 19.4 Å². The van der Waals surface area contributed by atoms with Gasteiger partial charge in [0.1, 0.15) is 0 Å². The van der Waals surface area contributed by atoms with Crippen LogP contribution in [-0.4, -0.2) is 18.0 Å². The third-order valence-corrected chi connectivity index (χ3v) is 9.17. The van der Waals surface area contributed by atoms with Gasteiger partial charge in [-0.05, 0) is 114 Å². The standard InChI is InChI=1S/C37H37N/c1-2-7-29(8-3-1)30-21-23-38(24-22-30)26-28-15-13-27(14-16-28)25-33-11-6-10-32-18-19-35-34-12-5-4-9-31(34)17-20-36(35)37(32)33/h1-3,5-8,10-16,18-19,30H,4,9,17,20-26H2. The number of hydrogen-bond donors (Lipinski definition) is 0. The lowest BCUT2D eigenvalue weighted by atomic mass is 9.78. The quantitative estimate of drug-likeness (QED) is 0.267. The summed E-state index contributed by atoms with van der Waals surface area (Å²) in [5.41, 5.74) is 12.0. The Labute approximate surface area is 227 Å². The molecule has 3 aliphatic rings. The Morgan fingerprint density at radius 2 is 1.53 bits per heavy atom. The Morgan fingerprint density at radius 3 is 2.37 bits per heavy atom. The van der Waals surface area contributed by atoms with E-state index < -0.39 is 0 Å². The zero-order valence-electron chi connectivity index (χ0n) is 22.3. The van der Waals surface area contributed by atoms with E-state index in [0.717, 1.165) is 18.9 Å². The molecule has 0 spiro atoms. The maximum atomic E-state index is 2.63. The first-order chi connectivity index (χ1) is 18.8. The zero-order valence-corrected chi connectivity index (χ0v) is 22.3. The van der Waals surface area contributed by atoms with E-state index in [1.165, 1.54) is 95.8 Å². The number of rotatable bonds is 5. The van der Waals surface area contributed by atoms with Crippen LogP contribution >= 0.6 is 0 Å². The van der Waals surface area contributed by atoms with Crippen LogP contribution in [0.3, 0.4) is 0 Å². The highest BCUT2D eigenvalue weighted by Gasteiger charge is 2.22. The first kappa shape index (κ1) is 23.7. The van der Waals surface area contributed by atoms with Gasteiger partial charge in [0, 0.05) is 6.54 Å². The molecule has 0 unspecified atom stereocenters. The Balaban J connectivity index is 1.07. The molecule has 1 saturated heterocycles. The van der Waals surface area contributed by atoms with Crippen molar-refractivity contribution in [1.29, 1.82) is 0 Å². The number of benzene rings is 4. The van der Waals surface area contributed by atoms with Crippen molar-refractivity contribution in [3.8, 4) is 0 Å². The predicted octanol–water partition coefficient (Wildman–Crippen LogP) is 8.86. The molecule has 0 bridgehead atoms. The molecular weight excluding hydrogens is 458 g/mol. The molecule has 0 aromatic heterocycles. The van der Waals surface area contributed by atoms with Crippen LogP contribution in [0.15, 0.2) is 103 Å². The van der Waals surface area contributed by atoms with Gasteiger partial charge in [-0.3, -0.25) is 4.90 Å². The fourth-order valence-corrected chi connectivity index (χ4v) is 7.11. The van der Waals surface area contributed by atoms with E-state index >= 15 is 0 Å². The Hall–Kier alpha value is -3.42. The van der Waals surface area contributed by atoms with Gasteiger partial charge in [0.2, 0.25) is 0 Å². The fourth-order valence-electron chi connectivity index (χ4n) is 7.11. The summed E-state index contributed by atoms with van der Waals surface area (Å²) in [6.45, 7) is 3.44. The maximum absolute atomic E-state index is 2.63. The highest BCUT2D eigenvalue weighted by Crippen LogP contribution is 2.41. The van der Waals surface area contributed by atoms with Crippen LogP contribution in [0.25, 0.3) is 16.3 Å². The van der Waals surface area contributed by atoms with Crippen molar-refractivity contribution < 1.29 is 0 Å². The average molecular weight is 496 g/mol. The molecule has 0 N–H and O–H groups in total. The van der Waals surface area contributed by atoms with Gasteiger partial charge < -0.3 is 0 Å². The molecule has 1 heterocycles. The monoisotopic (exact) mass is 495 g/mol. The lowest BCUT2D eigenvalue weighted by molar-refractivity contribution is 0.204. The smallest absolute Gasteiger partial charge is 0.0233 e. The van der Waals surface area contributed by atoms with E-state index in [-0.39, 0.29) is 0 Å². The molecule has 0 radical (unpaired) electrons. The number of fused-ring (bicyclic) bond motifs is 4. The number of aryl methyl sites for hydroxylation is 1. The molecule has 1 aliphatic heterocycles. The first-order valence-electron chi connectivity index (χ1n) is 14.6. The van der Waals surface area contributed by atoms with Gasteiger partial charge in [-0.1, -0.05) is 103 Å². The topological polar surface area (TPSA) is 3.24 Å². The van der Waals surface area contributed by atoms with Crippen molar-refractivity contribution in [3.63, 3.8) is 0 Å². The normalized spacial score (nSPS) is 18.0. The van der Waals surface area contributed by atoms with Crippen LogP contribution in [0, 0.1) is 0 Å². The molecular formula is C37H37N. The molecule has 190 valence electrons. The third kappa shape index (κ3) is 4.65. The molecule has 4 aromatic rings. The first-order valence-corrected chi connectivity index (χ1v) is 14.6. The Morgan fingerprint density at radius 1 is 0.711 bits per heavy atom.